The molecule has 1 aliphatic heterocycles. The first-order valence-electron chi connectivity index (χ1n) is 5.47. The number of benzene rings is 1. The standard InChI is InChI=1S/C12H15BrClNO.ClH/c13-11-7-9(14)1-2-10(11)12(15)8-3-5-16-6-4-8;/h1-2,7-8,12H,3-6,15H2;1H/t12-;/m0./s1. The molecule has 2 N–H and O–H groups in total. The van der Waals surface area contributed by atoms with E-state index >= 15 is 0 Å². The molecule has 1 heterocycles. The third kappa shape index (κ3) is 3.83. The lowest BCUT2D eigenvalue weighted by molar-refractivity contribution is 0.0583. The Balaban J connectivity index is 0.00000144. The van der Waals surface area contributed by atoms with Crippen LogP contribution < -0.4 is 5.73 Å². The van der Waals surface area contributed by atoms with E-state index in [-0.39, 0.29) is 18.4 Å². The predicted octanol–water partition coefficient (Wildman–Crippen LogP) is 3.95. The van der Waals surface area contributed by atoms with E-state index < -0.39 is 0 Å². The monoisotopic (exact) mass is 339 g/mol. The summed E-state index contributed by atoms with van der Waals surface area (Å²) in [5.41, 5.74) is 7.43. The zero-order valence-corrected chi connectivity index (χ0v) is 12.5. The van der Waals surface area contributed by atoms with Gasteiger partial charge in [0.05, 0.1) is 0 Å². The summed E-state index contributed by atoms with van der Waals surface area (Å²) in [6.45, 7) is 1.65. The zero-order chi connectivity index (χ0) is 11.5. The number of hydrogen-bond donors (Lipinski definition) is 1. The van der Waals surface area contributed by atoms with E-state index in [2.05, 4.69) is 15.9 Å². The van der Waals surface area contributed by atoms with Crippen LogP contribution in [0.15, 0.2) is 22.7 Å². The van der Waals surface area contributed by atoms with Crippen LogP contribution >= 0.6 is 39.9 Å². The minimum atomic E-state index is 0. The maximum atomic E-state index is 6.29. The number of hydrogen-bond acceptors (Lipinski definition) is 2. The lowest BCUT2D eigenvalue weighted by Gasteiger charge is -2.28. The second-order valence-electron chi connectivity index (χ2n) is 4.14. The molecule has 1 aromatic rings. The van der Waals surface area contributed by atoms with Gasteiger partial charge in [-0.2, -0.15) is 0 Å². The molecule has 0 saturated carbocycles. The van der Waals surface area contributed by atoms with Gasteiger partial charge in [-0.1, -0.05) is 33.6 Å². The molecule has 0 aromatic heterocycles. The molecule has 0 aliphatic carbocycles. The highest BCUT2D eigenvalue weighted by Gasteiger charge is 2.23. The van der Waals surface area contributed by atoms with Gasteiger partial charge in [-0.05, 0) is 36.5 Å². The second kappa shape index (κ2) is 6.95. The number of ether oxygens (including phenoxy) is 1. The Morgan fingerprint density at radius 1 is 1.35 bits per heavy atom. The molecule has 1 aliphatic rings. The fraction of sp³-hybridized carbons (Fsp3) is 0.500. The van der Waals surface area contributed by atoms with Crippen LogP contribution in [-0.4, -0.2) is 13.2 Å². The molecule has 1 aromatic carbocycles. The third-order valence-corrected chi connectivity index (χ3v) is 4.02. The minimum Gasteiger partial charge on any atom is -0.381 e. The van der Waals surface area contributed by atoms with Crippen LogP contribution in [0.3, 0.4) is 0 Å². The molecule has 0 bridgehead atoms. The predicted molar refractivity (Wildman–Crippen MR) is 76.9 cm³/mol. The molecule has 2 rings (SSSR count). The first-order valence-corrected chi connectivity index (χ1v) is 6.64. The van der Waals surface area contributed by atoms with E-state index in [0.29, 0.717) is 5.92 Å². The van der Waals surface area contributed by atoms with Crippen molar-refractivity contribution in [2.45, 2.75) is 18.9 Å². The van der Waals surface area contributed by atoms with Crippen molar-refractivity contribution in [3.63, 3.8) is 0 Å². The van der Waals surface area contributed by atoms with Crippen LogP contribution in [-0.2, 0) is 4.74 Å². The molecule has 5 heteroatoms. The highest BCUT2D eigenvalue weighted by molar-refractivity contribution is 9.10. The van der Waals surface area contributed by atoms with Crippen LogP contribution in [0.2, 0.25) is 5.02 Å². The molecule has 1 atom stereocenters. The summed E-state index contributed by atoms with van der Waals surface area (Å²) in [7, 11) is 0. The van der Waals surface area contributed by atoms with Crippen LogP contribution in [0.4, 0.5) is 0 Å². The third-order valence-electron chi connectivity index (χ3n) is 3.10. The van der Waals surface area contributed by atoms with Crippen molar-refractivity contribution < 1.29 is 4.74 Å². The number of nitrogens with two attached hydrogens (primary N) is 1. The van der Waals surface area contributed by atoms with Gasteiger partial charge in [0, 0.05) is 28.8 Å². The van der Waals surface area contributed by atoms with Crippen molar-refractivity contribution in [1.29, 1.82) is 0 Å². The molecular weight excluding hydrogens is 325 g/mol. The van der Waals surface area contributed by atoms with Crippen LogP contribution in [0, 0.1) is 5.92 Å². The fourth-order valence-corrected chi connectivity index (χ4v) is 3.05. The molecule has 0 radical (unpaired) electrons. The number of rotatable bonds is 2. The van der Waals surface area contributed by atoms with Crippen molar-refractivity contribution in [1.82, 2.24) is 0 Å². The Kier molecular flexibility index (Phi) is 6.24. The average Bonchev–Trinajstić information content (AvgIpc) is 2.29. The van der Waals surface area contributed by atoms with Gasteiger partial charge in [-0.25, -0.2) is 0 Å². The molecular formula is C12H16BrCl2NO. The molecule has 17 heavy (non-hydrogen) atoms. The summed E-state index contributed by atoms with van der Waals surface area (Å²) in [4.78, 5) is 0. The summed E-state index contributed by atoms with van der Waals surface area (Å²) in [6.07, 6.45) is 2.08. The van der Waals surface area contributed by atoms with E-state index in [9.17, 15) is 0 Å². The van der Waals surface area contributed by atoms with Gasteiger partial charge in [0.25, 0.3) is 0 Å². The van der Waals surface area contributed by atoms with Crippen molar-refractivity contribution >= 4 is 39.9 Å². The lowest BCUT2D eigenvalue weighted by atomic mass is 9.88. The summed E-state index contributed by atoms with van der Waals surface area (Å²) in [5.74, 6) is 0.506. The van der Waals surface area contributed by atoms with Gasteiger partial charge in [-0.15, -0.1) is 12.4 Å². The van der Waals surface area contributed by atoms with E-state index in [1.54, 1.807) is 0 Å². The van der Waals surface area contributed by atoms with Gasteiger partial charge in [0.2, 0.25) is 0 Å². The van der Waals surface area contributed by atoms with E-state index in [1.807, 2.05) is 18.2 Å². The van der Waals surface area contributed by atoms with Crippen molar-refractivity contribution in [2.75, 3.05) is 13.2 Å². The van der Waals surface area contributed by atoms with E-state index in [4.69, 9.17) is 22.1 Å². The molecule has 0 spiro atoms. The van der Waals surface area contributed by atoms with Gasteiger partial charge in [0.1, 0.15) is 0 Å². The maximum Gasteiger partial charge on any atom is 0.0469 e. The first kappa shape index (κ1) is 15.3. The second-order valence-corrected chi connectivity index (χ2v) is 5.43. The topological polar surface area (TPSA) is 35.2 Å². The Morgan fingerprint density at radius 3 is 2.59 bits per heavy atom. The molecule has 96 valence electrons. The van der Waals surface area contributed by atoms with Crippen molar-refractivity contribution in [3.8, 4) is 0 Å². The van der Waals surface area contributed by atoms with Crippen LogP contribution in [0.1, 0.15) is 24.4 Å². The smallest absolute Gasteiger partial charge is 0.0469 e. The van der Waals surface area contributed by atoms with Gasteiger partial charge in [0.15, 0.2) is 0 Å². The summed E-state index contributed by atoms with van der Waals surface area (Å²) >= 11 is 9.44. The largest absolute Gasteiger partial charge is 0.381 e. The SMILES string of the molecule is Cl.N[C@H](c1ccc(Cl)cc1Br)C1CCOCC1. The number of halogens is 3. The highest BCUT2D eigenvalue weighted by atomic mass is 79.9. The van der Waals surface area contributed by atoms with Crippen LogP contribution in [0.5, 0.6) is 0 Å². The van der Waals surface area contributed by atoms with Gasteiger partial charge < -0.3 is 10.5 Å². The molecule has 1 saturated heterocycles. The first-order chi connectivity index (χ1) is 7.68. The Morgan fingerprint density at radius 2 is 2.00 bits per heavy atom. The summed E-state index contributed by atoms with van der Waals surface area (Å²) in [5, 5.41) is 0.731. The fourth-order valence-electron chi connectivity index (χ4n) is 2.10. The molecule has 0 unspecified atom stereocenters. The highest BCUT2D eigenvalue weighted by Crippen LogP contribution is 2.33. The van der Waals surface area contributed by atoms with Gasteiger partial charge in [-0.3, -0.25) is 0 Å². The van der Waals surface area contributed by atoms with Crippen molar-refractivity contribution in [2.24, 2.45) is 11.7 Å². The van der Waals surface area contributed by atoms with Crippen molar-refractivity contribution in [3.05, 3.63) is 33.3 Å². The molecule has 1 fully saturated rings. The normalized spacial score (nSPS) is 18.5. The molecule has 0 amide bonds. The quantitative estimate of drug-likeness (QED) is 0.884. The minimum absolute atomic E-state index is 0. The Hall–Kier alpha value is 0.200. The summed E-state index contributed by atoms with van der Waals surface area (Å²) < 4.78 is 6.35. The average molecular weight is 341 g/mol. The summed E-state index contributed by atoms with van der Waals surface area (Å²) in [6, 6.07) is 5.86. The Labute approximate surface area is 121 Å². The van der Waals surface area contributed by atoms with E-state index in [1.165, 1.54) is 0 Å². The Bertz CT molecular complexity index is 370. The van der Waals surface area contributed by atoms with Crippen LogP contribution in [0.25, 0.3) is 0 Å². The maximum absolute atomic E-state index is 6.29. The van der Waals surface area contributed by atoms with E-state index in [0.717, 1.165) is 41.1 Å². The van der Waals surface area contributed by atoms with Gasteiger partial charge >= 0.3 is 0 Å². The molecule has 2 nitrogen and oxygen atoms in total. The lowest BCUT2D eigenvalue weighted by Crippen LogP contribution is -2.27. The zero-order valence-electron chi connectivity index (χ0n) is 9.36.